The van der Waals surface area contributed by atoms with E-state index in [1.807, 2.05) is 25.1 Å². The molecule has 2 aliphatic heterocycles. The van der Waals surface area contributed by atoms with Crippen LogP contribution in [0.4, 0.5) is 4.39 Å². The lowest BCUT2D eigenvalue weighted by atomic mass is 9.85. The number of aryl methyl sites for hydroxylation is 1. The topological polar surface area (TPSA) is 41.9 Å². The van der Waals surface area contributed by atoms with E-state index in [-0.39, 0.29) is 23.7 Å². The van der Waals surface area contributed by atoms with E-state index in [0.717, 1.165) is 28.2 Å². The van der Waals surface area contributed by atoms with Crippen LogP contribution in [0.3, 0.4) is 0 Å². The molecule has 2 atom stereocenters. The second kappa shape index (κ2) is 5.44. The van der Waals surface area contributed by atoms with Crippen LogP contribution in [0.5, 0.6) is 5.75 Å². The van der Waals surface area contributed by atoms with Crippen LogP contribution >= 0.6 is 0 Å². The third-order valence-corrected chi connectivity index (χ3v) is 4.57. The Bertz CT molecular complexity index is 845. The number of benzene rings is 2. The molecule has 0 N–H and O–H groups in total. The molecule has 4 rings (SSSR count). The van der Waals surface area contributed by atoms with E-state index in [1.54, 1.807) is 12.1 Å². The maximum absolute atomic E-state index is 13.3. The first-order valence-electron chi connectivity index (χ1n) is 7.92. The summed E-state index contributed by atoms with van der Waals surface area (Å²) < 4.78 is 19.2. The quantitative estimate of drug-likeness (QED) is 0.806. The van der Waals surface area contributed by atoms with Gasteiger partial charge in [0.2, 0.25) is 5.91 Å². The van der Waals surface area contributed by atoms with Gasteiger partial charge in [-0.2, -0.15) is 5.10 Å². The molecular weight excluding hydrogens is 307 g/mol. The van der Waals surface area contributed by atoms with E-state index in [4.69, 9.17) is 4.74 Å². The number of hydrazone groups is 1. The van der Waals surface area contributed by atoms with E-state index in [1.165, 1.54) is 24.1 Å². The van der Waals surface area contributed by atoms with Crippen molar-refractivity contribution < 1.29 is 13.9 Å². The maximum atomic E-state index is 13.3. The number of carbonyl (C=O) groups excluding carboxylic acids is 1. The van der Waals surface area contributed by atoms with Crippen LogP contribution < -0.4 is 4.74 Å². The molecule has 0 bridgehead atoms. The summed E-state index contributed by atoms with van der Waals surface area (Å²) in [7, 11) is 0. The Morgan fingerprint density at radius 1 is 1.25 bits per heavy atom. The van der Waals surface area contributed by atoms with E-state index >= 15 is 0 Å². The van der Waals surface area contributed by atoms with Crippen molar-refractivity contribution in [3.05, 3.63) is 65.0 Å². The van der Waals surface area contributed by atoms with Gasteiger partial charge >= 0.3 is 0 Å². The lowest BCUT2D eigenvalue weighted by Crippen LogP contribution is -2.34. The predicted octanol–water partition coefficient (Wildman–Crippen LogP) is 3.45. The lowest BCUT2D eigenvalue weighted by molar-refractivity contribution is -0.131. The minimum Gasteiger partial charge on any atom is -0.492 e. The van der Waals surface area contributed by atoms with Crippen LogP contribution in [0.15, 0.2) is 47.6 Å². The van der Waals surface area contributed by atoms with Gasteiger partial charge in [-0.15, -0.1) is 0 Å². The van der Waals surface area contributed by atoms with Gasteiger partial charge in [0.25, 0.3) is 0 Å². The van der Waals surface area contributed by atoms with Crippen LogP contribution in [-0.4, -0.2) is 23.2 Å². The number of amides is 1. The monoisotopic (exact) mass is 324 g/mol. The molecule has 24 heavy (non-hydrogen) atoms. The van der Waals surface area contributed by atoms with Crippen molar-refractivity contribution >= 4 is 11.6 Å². The highest BCUT2D eigenvalue weighted by molar-refractivity contribution is 6.07. The Hall–Kier alpha value is -2.69. The average Bonchev–Trinajstić information content (AvgIpc) is 2.96. The zero-order valence-corrected chi connectivity index (χ0v) is 13.5. The second-order valence-electron chi connectivity index (χ2n) is 6.26. The Morgan fingerprint density at radius 3 is 2.71 bits per heavy atom. The molecule has 2 aromatic rings. The normalized spacial score (nSPS) is 21.6. The minimum absolute atomic E-state index is 0.0614. The second-order valence-corrected chi connectivity index (χ2v) is 6.26. The van der Waals surface area contributed by atoms with Gasteiger partial charge in [-0.3, -0.25) is 4.79 Å². The molecule has 0 saturated carbocycles. The third kappa shape index (κ3) is 2.28. The summed E-state index contributed by atoms with van der Waals surface area (Å²) in [6, 6.07) is 11.9. The van der Waals surface area contributed by atoms with E-state index < -0.39 is 0 Å². The molecule has 0 aliphatic carbocycles. The van der Waals surface area contributed by atoms with E-state index in [0.29, 0.717) is 6.61 Å². The number of nitrogens with zero attached hydrogens (tertiary/aromatic N) is 2. The van der Waals surface area contributed by atoms with Gasteiger partial charge in [-0.25, -0.2) is 9.40 Å². The molecule has 1 unspecified atom stereocenters. The van der Waals surface area contributed by atoms with Crippen molar-refractivity contribution in [2.75, 3.05) is 6.61 Å². The first kappa shape index (κ1) is 14.9. The number of carbonyl (C=O) groups is 1. The summed E-state index contributed by atoms with van der Waals surface area (Å²) in [5, 5.41) is 6.09. The number of hydrogen-bond donors (Lipinski definition) is 0. The van der Waals surface area contributed by atoms with Gasteiger partial charge in [-0.1, -0.05) is 23.8 Å². The molecule has 0 fully saturated rings. The van der Waals surface area contributed by atoms with Crippen molar-refractivity contribution in [3.8, 4) is 5.75 Å². The van der Waals surface area contributed by atoms with Crippen molar-refractivity contribution in [2.24, 2.45) is 11.0 Å². The summed E-state index contributed by atoms with van der Waals surface area (Å²) in [5.41, 5.74) is 3.77. The van der Waals surface area contributed by atoms with Crippen molar-refractivity contribution in [1.82, 2.24) is 5.01 Å². The highest BCUT2D eigenvalue weighted by Gasteiger charge is 2.44. The van der Waals surface area contributed by atoms with Crippen LogP contribution in [0.1, 0.15) is 29.7 Å². The average molecular weight is 324 g/mol. The Labute approximate surface area is 139 Å². The van der Waals surface area contributed by atoms with Crippen molar-refractivity contribution in [1.29, 1.82) is 0 Å². The third-order valence-electron chi connectivity index (χ3n) is 4.57. The highest BCUT2D eigenvalue weighted by atomic mass is 19.1. The molecule has 1 amide bonds. The number of hydrogen-bond acceptors (Lipinski definition) is 3. The van der Waals surface area contributed by atoms with Crippen molar-refractivity contribution in [3.63, 3.8) is 0 Å². The van der Waals surface area contributed by atoms with Gasteiger partial charge in [0.05, 0.1) is 24.3 Å². The number of fused-ring (bicyclic) bond motifs is 3. The SMILES string of the molecule is CC(=O)N1N=C2c3cc(C)ccc3OC[C@H]2C1c1ccc(F)cc1. The molecule has 122 valence electrons. The number of halogens is 1. The van der Waals surface area contributed by atoms with Crippen LogP contribution in [0.2, 0.25) is 0 Å². The summed E-state index contributed by atoms with van der Waals surface area (Å²) in [5.74, 6) is 0.293. The Morgan fingerprint density at radius 2 is 2.00 bits per heavy atom. The summed E-state index contributed by atoms with van der Waals surface area (Å²) >= 11 is 0. The molecule has 0 saturated heterocycles. The molecule has 5 heteroatoms. The maximum Gasteiger partial charge on any atom is 0.240 e. The minimum atomic E-state index is -0.298. The van der Waals surface area contributed by atoms with Crippen LogP contribution in [0, 0.1) is 18.7 Å². The fourth-order valence-electron chi connectivity index (χ4n) is 3.45. The first-order chi connectivity index (χ1) is 11.5. The largest absolute Gasteiger partial charge is 0.492 e. The first-order valence-corrected chi connectivity index (χ1v) is 7.92. The van der Waals surface area contributed by atoms with Crippen LogP contribution in [-0.2, 0) is 4.79 Å². The standard InChI is InChI=1S/C19H17FN2O2/c1-11-3-8-17-15(9-11)18-16(10-24-17)19(22(21-18)12(2)23)13-4-6-14(20)7-5-13/h3-9,16,19H,10H2,1-2H3/t16-,19?/m1/s1. The van der Waals surface area contributed by atoms with Crippen molar-refractivity contribution in [2.45, 2.75) is 19.9 Å². The zero-order valence-electron chi connectivity index (χ0n) is 13.5. The van der Waals surface area contributed by atoms with Gasteiger partial charge in [-0.05, 0) is 36.8 Å². The van der Waals surface area contributed by atoms with Gasteiger partial charge in [0.15, 0.2) is 0 Å². The molecule has 0 spiro atoms. The molecule has 0 radical (unpaired) electrons. The number of rotatable bonds is 1. The Balaban J connectivity index is 1.81. The summed E-state index contributed by atoms with van der Waals surface area (Å²) in [4.78, 5) is 12.1. The fraction of sp³-hybridized carbons (Fsp3) is 0.263. The molecule has 4 nitrogen and oxygen atoms in total. The zero-order chi connectivity index (χ0) is 16.8. The highest BCUT2D eigenvalue weighted by Crippen LogP contribution is 2.42. The van der Waals surface area contributed by atoms with Crippen LogP contribution in [0.25, 0.3) is 0 Å². The van der Waals surface area contributed by atoms with Gasteiger partial charge in [0, 0.05) is 12.5 Å². The number of ether oxygens (including phenoxy) is 1. The van der Waals surface area contributed by atoms with Gasteiger partial charge in [0.1, 0.15) is 11.6 Å². The van der Waals surface area contributed by atoms with E-state index in [2.05, 4.69) is 5.10 Å². The Kier molecular flexibility index (Phi) is 3.37. The molecule has 2 heterocycles. The molecular formula is C19H17FN2O2. The lowest BCUT2D eigenvalue weighted by Gasteiger charge is -2.29. The summed E-state index contributed by atoms with van der Waals surface area (Å²) in [6.07, 6.45) is 0. The predicted molar refractivity (Wildman–Crippen MR) is 88.4 cm³/mol. The fourth-order valence-corrected chi connectivity index (χ4v) is 3.45. The molecule has 0 aromatic heterocycles. The molecule has 2 aromatic carbocycles. The van der Waals surface area contributed by atoms with Gasteiger partial charge < -0.3 is 4.74 Å². The van der Waals surface area contributed by atoms with E-state index in [9.17, 15) is 9.18 Å². The summed E-state index contributed by atoms with van der Waals surface area (Å²) in [6.45, 7) is 3.95. The molecule has 2 aliphatic rings. The smallest absolute Gasteiger partial charge is 0.240 e.